The number of aromatic carboxylic acids is 3. The van der Waals surface area contributed by atoms with Gasteiger partial charge in [-0.15, -0.1) is 0 Å². The van der Waals surface area contributed by atoms with Gasteiger partial charge < -0.3 is 15.3 Å². The predicted octanol–water partition coefficient (Wildman–Crippen LogP) is 11.8. The van der Waals surface area contributed by atoms with Crippen molar-refractivity contribution in [1.29, 1.82) is 0 Å². The normalized spacial score (nSPS) is 11.3. The molecule has 0 heterocycles. The molecule has 1 aromatic carbocycles. The molecule has 3 N–H and O–H groups in total. The lowest BCUT2D eigenvalue weighted by atomic mass is 9.80. The molecule has 0 fully saturated rings. The van der Waals surface area contributed by atoms with Crippen molar-refractivity contribution in [3.05, 3.63) is 33.4 Å². The van der Waals surface area contributed by atoms with E-state index in [0.717, 1.165) is 76.2 Å². The zero-order chi connectivity index (χ0) is 33.3. The fourth-order valence-electron chi connectivity index (χ4n) is 6.76. The van der Waals surface area contributed by atoms with Crippen LogP contribution < -0.4 is 0 Å². The van der Waals surface area contributed by atoms with Crippen molar-refractivity contribution in [3.8, 4) is 0 Å². The molecule has 258 valence electrons. The predicted molar refractivity (Wildman–Crippen MR) is 186 cm³/mol. The summed E-state index contributed by atoms with van der Waals surface area (Å²) in [5, 5.41) is 30.9. The lowest BCUT2D eigenvalue weighted by Crippen LogP contribution is -2.23. The Morgan fingerprint density at radius 1 is 0.333 bits per heavy atom. The van der Waals surface area contributed by atoms with Crippen LogP contribution in [0.15, 0.2) is 0 Å². The molecule has 0 saturated carbocycles. The molecule has 0 bridgehead atoms. The van der Waals surface area contributed by atoms with E-state index in [1.807, 2.05) is 0 Å². The molecule has 0 amide bonds. The zero-order valence-corrected chi connectivity index (χ0v) is 29.2. The van der Waals surface area contributed by atoms with E-state index in [4.69, 9.17) is 0 Å². The summed E-state index contributed by atoms with van der Waals surface area (Å²) in [6, 6.07) is 0. The van der Waals surface area contributed by atoms with Crippen LogP contribution >= 0.6 is 0 Å². The first kappa shape index (κ1) is 40.7. The second-order valence-corrected chi connectivity index (χ2v) is 13.2. The Balaban J connectivity index is 3.32. The average Bonchev–Trinajstić information content (AvgIpc) is 3.00. The molecule has 0 atom stereocenters. The summed E-state index contributed by atoms with van der Waals surface area (Å²) < 4.78 is 0. The number of carboxylic acid groups (broad SMARTS) is 3. The summed E-state index contributed by atoms with van der Waals surface area (Å²) in [5.74, 6) is -4.13. The summed E-state index contributed by atoms with van der Waals surface area (Å²) in [4.78, 5) is 37.9. The number of benzene rings is 1. The van der Waals surface area contributed by atoms with Crippen LogP contribution in [0.5, 0.6) is 0 Å². The monoisotopic (exact) mass is 630 g/mol. The van der Waals surface area contributed by atoms with Crippen LogP contribution in [-0.4, -0.2) is 33.2 Å². The van der Waals surface area contributed by atoms with Gasteiger partial charge in [-0.2, -0.15) is 0 Å². The second-order valence-electron chi connectivity index (χ2n) is 13.2. The van der Waals surface area contributed by atoms with Crippen molar-refractivity contribution < 1.29 is 29.7 Å². The Kier molecular flexibility index (Phi) is 23.3. The van der Waals surface area contributed by atoms with Gasteiger partial charge in [-0.05, 0) is 55.2 Å². The number of carbonyl (C=O) groups is 3. The molecule has 0 spiro atoms. The number of unbranched alkanes of at least 4 members (excludes halogenated alkanes) is 21. The summed E-state index contributed by atoms with van der Waals surface area (Å²) in [6.07, 6.45) is 28.4. The van der Waals surface area contributed by atoms with E-state index >= 15 is 0 Å². The quantitative estimate of drug-likeness (QED) is 0.0729. The van der Waals surface area contributed by atoms with Crippen molar-refractivity contribution >= 4 is 17.9 Å². The SMILES string of the molecule is CCCCCCCCCCc1c(CCCCCCCCCC)c(C(=O)O)c(C(=O)O)c(C(=O)O)c1CCCCCCCCCC. The molecule has 0 radical (unpaired) electrons. The molecule has 0 unspecified atom stereocenters. The minimum atomic E-state index is -1.46. The fourth-order valence-corrected chi connectivity index (χ4v) is 6.76. The van der Waals surface area contributed by atoms with Crippen molar-refractivity contribution in [2.24, 2.45) is 0 Å². The Morgan fingerprint density at radius 2 is 0.556 bits per heavy atom. The minimum Gasteiger partial charge on any atom is -0.478 e. The first-order valence-electron chi connectivity index (χ1n) is 18.7. The highest BCUT2D eigenvalue weighted by Crippen LogP contribution is 2.34. The molecule has 0 aromatic heterocycles. The van der Waals surface area contributed by atoms with Gasteiger partial charge in [0, 0.05) is 0 Å². The van der Waals surface area contributed by atoms with Gasteiger partial charge in [0.05, 0.1) is 16.7 Å². The Morgan fingerprint density at radius 3 is 0.800 bits per heavy atom. The Bertz CT molecular complexity index is 923. The van der Waals surface area contributed by atoms with Gasteiger partial charge in [-0.3, -0.25) is 0 Å². The van der Waals surface area contributed by atoms with E-state index in [2.05, 4.69) is 20.8 Å². The van der Waals surface area contributed by atoms with E-state index in [9.17, 15) is 29.7 Å². The summed E-state index contributed by atoms with van der Waals surface area (Å²) in [7, 11) is 0. The smallest absolute Gasteiger partial charge is 0.337 e. The standard InChI is InChI=1S/C39H66O6/c1-4-7-10-13-16-19-22-25-28-31-32(29-26-23-20-17-14-11-8-5-2)34(37(40)41)36(39(44)45)35(38(42)43)33(31)30-27-24-21-18-15-12-9-6-3/h4-30H2,1-3H3,(H,40,41)(H,42,43)(H,44,45). The van der Waals surface area contributed by atoms with Crippen LogP contribution in [-0.2, 0) is 19.3 Å². The van der Waals surface area contributed by atoms with E-state index in [0.29, 0.717) is 30.4 Å². The van der Waals surface area contributed by atoms with Crippen LogP contribution in [0, 0.1) is 0 Å². The average molecular weight is 631 g/mol. The maximum Gasteiger partial charge on any atom is 0.337 e. The van der Waals surface area contributed by atoms with E-state index in [1.165, 1.54) is 83.5 Å². The molecule has 1 rings (SSSR count). The molecule has 0 aliphatic carbocycles. The number of hydrogen-bond acceptors (Lipinski definition) is 3. The molecule has 0 aliphatic heterocycles. The van der Waals surface area contributed by atoms with Crippen molar-refractivity contribution in [2.75, 3.05) is 0 Å². The molecule has 6 heteroatoms. The third-order valence-corrected chi connectivity index (χ3v) is 9.31. The number of rotatable bonds is 30. The lowest BCUT2D eigenvalue weighted by molar-refractivity contribution is 0.0631. The lowest BCUT2D eigenvalue weighted by Gasteiger charge is -2.23. The van der Waals surface area contributed by atoms with Crippen LogP contribution in [0.25, 0.3) is 0 Å². The third-order valence-electron chi connectivity index (χ3n) is 9.31. The molecular formula is C39H66O6. The van der Waals surface area contributed by atoms with Gasteiger partial charge in [-0.1, -0.05) is 156 Å². The summed E-state index contributed by atoms with van der Waals surface area (Å²) >= 11 is 0. The van der Waals surface area contributed by atoms with Crippen molar-refractivity contribution in [3.63, 3.8) is 0 Å². The second kappa shape index (κ2) is 25.8. The van der Waals surface area contributed by atoms with Gasteiger partial charge in [0.2, 0.25) is 0 Å². The highest BCUT2D eigenvalue weighted by atomic mass is 16.4. The Labute approximate surface area is 274 Å². The number of carboxylic acids is 3. The van der Waals surface area contributed by atoms with Crippen molar-refractivity contribution in [1.82, 2.24) is 0 Å². The van der Waals surface area contributed by atoms with Gasteiger partial charge in [0.25, 0.3) is 0 Å². The molecule has 6 nitrogen and oxygen atoms in total. The van der Waals surface area contributed by atoms with Gasteiger partial charge in [0.1, 0.15) is 0 Å². The molecule has 0 aliphatic rings. The van der Waals surface area contributed by atoms with E-state index in [1.54, 1.807) is 0 Å². The fraction of sp³-hybridized carbons (Fsp3) is 0.769. The van der Waals surface area contributed by atoms with Crippen molar-refractivity contribution in [2.45, 2.75) is 194 Å². The topological polar surface area (TPSA) is 112 Å². The first-order chi connectivity index (χ1) is 21.8. The summed E-state index contributed by atoms with van der Waals surface area (Å²) in [6.45, 7) is 6.62. The largest absolute Gasteiger partial charge is 0.478 e. The first-order valence-corrected chi connectivity index (χ1v) is 18.7. The van der Waals surface area contributed by atoms with E-state index < -0.39 is 23.5 Å². The Hall–Kier alpha value is -2.37. The van der Waals surface area contributed by atoms with Gasteiger partial charge >= 0.3 is 17.9 Å². The van der Waals surface area contributed by atoms with Gasteiger partial charge in [0.15, 0.2) is 0 Å². The number of hydrogen-bond donors (Lipinski definition) is 3. The highest BCUT2D eigenvalue weighted by molar-refractivity contribution is 6.11. The molecular weight excluding hydrogens is 564 g/mol. The van der Waals surface area contributed by atoms with E-state index in [-0.39, 0.29) is 11.1 Å². The highest BCUT2D eigenvalue weighted by Gasteiger charge is 2.33. The summed E-state index contributed by atoms with van der Waals surface area (Å²) in [5.41, 5.74) is 0.849. The minimum absolute atomic E-state index is 0.294. The zero-order valence-electron chi connectivity index (χ0n) is 29.2. The van der Waals surface area contributed by atoms with Crippen LogP contribution in [0.3, 0.4) is 0 Å². The van der Waals surface area contributed by atoms with Crippen LogP contribution in [0.2, 0.25) is 0 Å². The third kappa shape index (κ3) is 16.1. The van der Waals surface area contributed by atoms with Crippen LogP contribution in [0.1, 0.15) is 223 Å². The molecule has 45 heavy (non-hydrogen) atoms. The van der Waals surface area contributed by atoms with Crippen LogP contribution in [0.4, 0.5) is 0 Å². The molecule has 0 saturated heterocycles. The maximum atomic E-state index is 12.7. The maximum absolute atomic E-state index is 12.7. The van der Waals surface area contributed by atoms with Gasteiger partial charge in [-0.25, -0.2) is 14.4 Å². The molecule has 1 aromatic rings.